The number of aryl methyl sites for hydroxylation is 1. The SMILES string of the molecule is CS(=O)(=O)N1CCN(C(=O)CCn2ncc3c(Cl)cccc32)CC1. The van der Waals surface area contributed by atoms with E-state index in [0.29, 0.717) is 44.2 Å². The van der Waals surface area contributed by atoms with E-state index in [1.807, 2.05) is 18.2 Å². The van der Waals surface area contributed by atoms with Crippen LogP contribution in [0.4, 0.5) is 0 Å². The van der Waals surface area contributed by atoms with Crippen LogP contribution in [0.15, 0.2) is 24.4 Å². The predicted molar refractivity (Wildman–Crippen MR) is 92.4 cm³/mol. The van der Waals surface area contributed by atoms with Gasteiger partial charge in [-0.2, -0.15) is 9.40 Å². The number of rotatable bonds is 4. The number of aromatic nitrogens is 2. The lowest BCUT2D eigenvalue weighted by Crippen LogP contribution is -2.50. The van der Waals surface area contributed by atoms with Crippen molar-refractivity contribution in [2.75, 3.05) is 32.4 Å². The third-order valence-electron chi connectivity index (χ3n) is 4.23. The van der Waals surface area contributed by atoms with E-state index in [4.69, 9.17) is 11.6 Å². The van der Waals surface area contributed by atoms with Gasteiger partial charge in [0.15, 0.2) is 0 Å². The zero-order chi connectivity index (χ0) is 17.3. The molecule has 1 aliphatic rings. The Balaban J connectivity index is 1.59. The highest BCUT2D eigenvalue weighted by Gasteiger charge is 2.25. The molecule has 1 aliphatic heterocycles. The molecule has 9 heteroatoms. The molecule has 0 spiro atoms. The molecule has 1 aromatic carbocycles. The number of benzene rings is 1. The molecule has 2 aromatic rings. The van der Waals surface area contributed by atoms with Crippen molar-refractivity contribution in [3.63, 3.8) is 0 Å². The zero-order valence-corrected chi connectivity index (χ0v) is 14.9. The van der Waals surface area contributed by atoms with Crippen molar-refractivity contribution in [3.05, 3.63) is 29.4 Å². The summed E-state index contributed by atoms with van der Waals surface area (Å²) in [6.07, 6.45) is 3.22. The van der Waals surface area contributed by atoms with Crippen molar-refractivity contribution in [2.45, 2.75) is 13.0 Å². The molecule has 0 saturated carbocycles. The van der Waals surface area contributed by atoms with E-state index < -0.39 is 10.0 Å². The molecular formula is C15H19ClN4O3S. The summed E-state index contributed by atoms with van der Waals surface area (Å²) in [5, 5.41) is 5.80. The van der Waals surface area contributed by atoms with E-state index in [-0.39, 0.29) is 5.91 Å². The van der Waals surface area contributed by atoms with Crippen molar-refractivity contribution in [1.29, 1.82) is 0 Å². The van der Waals surface area contributed by atoms with E-state index in [2.05, 4.69) is 5.10 Å². The molecular weight excluding hydrogens is 352 g/mol. The number of carbonyl (C=O) groups is 1. The first-order valence-corrected chi connectivity index (χ1v) is 9.92. The fraction of sp³-hybridized carbons (Fsp3) is 0.467. The molecule has 130 valence electrons. The third kappa shape index (κ3) is 3.55. The summed E-state index contributed by atoms with van der Waals surface area (Å²) in [4.78, 5) is 14.1. The Labute approximate surface area is 145 Å². The zero-order valence-electron chi connectivity index (χ0n) is 13.4. The number of hydrogen-bond acceptors (Lipinski definition) is 4. The van der Waals surface area contributed by atoms with Crippen LogP contribution in [0, 0.1) is 0 Å². The van der Waals surface area contributed by atoms with E-state index in [1.54, 1.807) is 15.8 Å². The summed E-state index contributed by atoms with van der Waals surface area (Å²) < 4.78 is 26.2. The molecule has 1 fully saturated rings. The van der Waals surface area contributed by atoms with Gasteiger partial charge in [-0.05, 0) is 12.1 Å². The normalized spacial score (nSPS) is 16.7. The highest BCUT2D eigenvalue weighted by atomic mass is 35.5. The molecule has 0 atom stereocenters. The number of sulfonamides is 1. The van der Waals surface area contributed by atoms with Crippen molar-refractivity contribution >= 4 is 38.4 Å². The molecule has 2 heterocycles. The van der Waals surface area contributed by atoms with E-state index in [1.165, 1.54) is 10.6 Å². The van der Waals surface area contributed by atoms with E-state index in [0.717, 1.165) is 10.9 Å². The maximum Gasteiger partial charge on any atom is 0.224 e. The van der Waals surface area contributed by atoms with Gasteiger partial charge in [-0.15, -0.1) is 0 Å². The number of carbonyl (C=O) groups excluding carboxylic acids is 1. The second-order valence-electron chi connectivity index (χ2n) is 5.83. The Morgan fingerprint density at radius 2 is 1.96 bits per heavy atom. The smallest absolute Gasteiger partial charge is 0.224 e. The van der Waals surface area contributed by atoms with Crippen LogP contribution >= 0.6 is 11.6 Å². The molecule has 3 rings (SSSR count). The van der Waals surface area contributed by atoms with Crippen LogP contribution in [0.5, 0.6) is 0 Å². The highest BCUT2D eigenvalue weighted by Crippen LogP contribution is 2.22. The van der Waals surface area contributed by atoms with Gasteiger partial charge in [-0.3, -0.25) is 9.48 Å². The minimum absolute atomic E-state index is 0.00818. The first-order valence-electron chi connectivity index (χ1n) is 7.69. The number of halogens is 1. The maximum atomic E-state index is 12.3. The van der Waals surface area contributed by atoms with Crippen LogP contribution < -0.4 is 0 Å². The fourth-order valence-corrected chi connectivity index (χ4v) is 3.92. The third-order valence-corrected chi connectivity index (χ3v) is 5.86. The van der Waals surface area contributed by atoms with Crippen LogP contribution in [0.3, 0.4) is 0 Å². The summed E-state index contributed by atoms with van der Waals surface area (Å²) in [5.41, 5.74) is 0.900. The van der Waals surface area contributed by atoms with Crippen LogP contribution in [0.25, 0.3) is 10.9 Å². The van der Waals surface area contributed by atoms with Gasteiger partial charge in [-0.25, -0.2) is 8.42 Å². The summed E-state index contributed by atoms with van der Waals surface area (Å²) >= 11 is 6.12. The maximum absolute atomic E-state index is 12.3. The molecule has 0 N–H and O–H groups in total. The van der Waals surface area contributed by atoms with Crippen molar-refractivity contribution in [3.8, 4) is 0 Å². The Hall–Kier alpha value is -1.64. The molecule has 1 saturated heterocycles. The largest absolute Gasteiger partial charge is 0.340 e. The van der Waals surface area contributed by atoms with Gasteiger partial charge in [0.25, 0.3) is 0 Å². The van der Waals surface area contributed by atoms with Gasteiger partial charge in [0.1, 0.15) is 0 Å². The fourth-order valence-electron chi connectivity index (χ4n) is 2.88. The van der Waals surface area contributed by atoms with Gasteiger partial charge in [-0.1, -0.05) is 17.7 Å². The first kappa shape index (κ1) is 17.2. The van der Waals surface area contributed by atoms with Gasteiger partial charge >= 0.3 is 0 Å². The lowest BCUT2D eigenvalue weighted by atomic mass is 10.2. The standard InChI is InChI=1S/C15H19ClN4O3S/c1-24(22,23)19-9-7-18(8-10-19)15(21)5-6-20-14-4-2-3-13(16)12(14)11-17-20/h2-4,11H,5-10H2,1H3. The van der Waals surface area contributed by atoms with Crippen LogP contribution in [0.2, 0.25) is 5.02 Å². The molecule has 24 heavy (non-hydrogen) atoms. The minimum atomic E-state index is -3.18. The van der Waals surface area contributed by atoms with Crippen LogP contribution in [0.1, 0.15) is 6.42 Å². The molecule has 0 bridgehead atoms. The molecule has 0 radical (unpaired) electrons. The van der Waals surface area contributed by atoms with Gasteiger partial charge in [0, 0.05) is 38.0 Å². The number of fused-ring (bicyclic) bond motifs is 1. The molecule has 0 unspecified atom stereocenters. The summed E-state index contributed by atoms with van der Waals surface area (Å²) in [5.74, 6) is 0.00818. The van der Waals surface area contributed by atoms with Gasteiger partial charge in [0.2, 0.25) is 15.9 Å². The van der Waals surface area contributed by atoms with E-state index in [9.17, 15) is 13.2 Å². The Bertz CT molecular complexity index is 857. The quantitative estimate of drug-likeness (QED) is 0.810. The highest BCUT2D eigenvalue weighted by molar-refractivity contribution is 7.88. The second-order valence-corrected chi connectivity index (χ2v) is 8.22. The number of nitrogens with zero attached hydrogens (tertiary/aromatic N) is 4. The monoisotopic (exact) mass is 370 g/mol. The number of amides is 1. The average molecular weight is 371 g/mol. The first-order chi connectivity index (χ1) is 11.4. The molecule has 0 aliphatic carbocycles. The molecule has 1 aromatic heterocycles. The second kappa shape index (κ2) is 6.70. The Kier molecular flexibility index (Phi) is 4.80. The van der Waals surface area contributed by atoms with Gasteiger partial charge in [0.05, 0.1) is 29.5 Å². The number of piperazine rings is 1. The lowest BCUT2D eigenvalue weighted by Gasteiger charge is -2.33. The summed E-state index contributed by atoms with van der Waals surface area (Å²) in [6, 6.07) is 5.58. The van der Waals surface area contributed by atoms with Gasteiger partial charge < -0.3 is 4.90 Å². The van der Waals surface area contributed by atoms with Crippen molar-refractivity contribution in [1.82, 2.24) is 19.0 Å². The van der Waals surface area contributed by atoms with E-state index >= 15 is 0 Å². The van der Waals surface area contributed by atoms with Crippen LogP contribution in [-0.2, 0) is 21.4 Å². The van der Waals surface area contributed by atoms with Crippen LogP contribution in [-0.4, -0.2) is 65.7 Å². The Morgan fingerprint density at radius 1 is 1.25 bits per heavy atom. The minimum Gasteiger partial charge on any atom is -0.340 e. The van der Waals surface area contributed by atoms with Crippen molar-refractivity contribution < 1.29 is 13.2 Å². The Morgan fingerprint density at radius 3 is 2.62 bits per heavy atom. The average Bonchev–Trinajstić information content (AvgIpc) is 2.96. The summed E-state index contributed by atoms with van der Waals surface area (Å²) in [7, 11) is -3.18. The number of hydrogen-bond donors (Lipinski definition) is 0. The lowest BCUT2D eigenvalue weighted by molar-refractivity contribution is -0.132. The van der Waals surface area contributed by atoms with Crippen molar-refractivity contribution in [2.24, 2.45) is 0 Å². The molecule has 7 nitrogen and oxygen atoms in total. The summed E-state index contributed by atoms with van der Waals surface area (Å²) in [6.45, 7) is 2.03. The predicted octanol–water partition coefficient (Wildman–Crippen LogP) is 1.18. The topological polar surface area (TPSA) is 75.5 Å². The molecule has 1 amide bonds.